The molecule has 18 heavy (non-hydrogen) atoms. The van der Waals surface area contributed by atoms with E-state index in [1.165, 1.54) is 12.1 Å². The van der Waals surface area contributed by atoms with Gasteiger partial charge in [-0.15, -0.1) is 0 Å². The van der Waals surface area contributed by atoms with Crippen molar-refractivity contribution in [2.75, 3.05) is 26.0 Å². The maximum Gasteiger partial charge on any atom is 0.179 e. The summed E-state index contributed by atoms with van der Waals surface area (Å²) in [5.41, 5.74) is 0.539. The predicted octanol–water partition coefficient (Wildman–Crippen LogP) is 1.54. The van der Waals surface area contributed by atoms with Crippen molar-refractivity contribution in [1.82, 2.24) is 5.32 Å². The van der Waals surface area contributed by atoms with Gasteiger partial charge in [-0.05, 0) is 17.7 Å². The van der Waals surface area contributed by atoms with Crippen LogP contribution in [0.25, 0.3) is 0 Å². The summed E-state index contributed by atoms with van der Waals surface area (Å²) in [5.74, 6) is -0.839. The summed E-state index contributed by atoms with van der Waals surface area (Å²) in [4.78, 5) is -0.461. The van der Waals surface area contributed by atoms with Gasteiger partial charge in [-0.25, -0.2) is 12.8 Å². The highest BCUT2D eigenvalue weighted by molar-refractivity contribution is 7.90. The molecule has 0 aliphatic carbocycles. The minimum Gasteiger partial charge on any atom is -0.371 e. The number of morpholine rings is 1. The molecule has 1 aromatic rings. The van der Waals surface area contributed by atoms with E-state index < -0.39 is 20.5 Å². The van der Waals surface area contributed by atoms with Crippen molar-refractivity contribution in [3.8, 4) is 0 Å². The number of sulfone groups is 1. The summed E-state index contributed by atoms with van der Waals surface area (Å²) in [7, 11) is -3.68. The zero-order chi connectivity index (χ0) is 13.3. The van der Waals surface area contributed by atoms with Crippen molar-refractivity contribution in [2.24, 2.45) is 0 Å². The first-order chi connectivity index (χ1) is 8.39. The standard InChI is InChI=1S/C11H13ClFNO3S/c1-18(15,16)11-8(12)4-7(5-9(11)13)10-6-14-2-3-17-10/h4-5,10,14H,2-3,6H2,1H3. The van der Waals surface area contributed by atoms with E-state index in [0.717, 1.165) is 12.8 Å². The van der Waals surface area contributed by atoms with E-state index in [9.17, 15) is 12.8 Å². The van der Waals surface area contributed by atoms with Crippen molar-refractivity contribution in [3.63, 3.8) is 0 Å². The van der Waals surface area contributed by atoms with Gasteiger partial charge in [0.15, 0.2) is 9.84 Å². The first kappa shape index (κ1) is 13.7. The van der Waals surface area contributed by atoms with Gasteiger partial charge >= 0.3 is 0 Å². The minimum atomic E-state index is -3.68. The molecule has 4 nitrogen and oxygen atoms in total. The topological polar surface area (TPSA) is 55.4 Å². The Morgan fingerprint density at radius 3 is 2.72 bits per heavy atom. The van der Waals surface area contributed by atoms with Crippen molar-refractivity contribution < 1.29 is 17.5 Å². The van der Waals surface area contributed by atoms with Crippen LogP contribution >= 0.6 is 11.6 Å². The van der Waals surface area contributed by atoms with Crippen molar-refractivity contribution in [2.45, 2.75) is 11.0 Å². The fourth-order valence-electron chi connectivity index (χ4n) is 1.90. The monoisotopic (exact) mass is 293 g/mol. The lowest BCUT2D eigenvalue weighted by molar-refractivity contribution is 0.0275. The van der Waals surface area contributed by atoms with Crippen molar-refractivity contribution in [3.05, 3.63) is 28.5 Å². The third-order valence-corrected chi connectivity index (χ3v) is 4.26. The molecule has 0 spiro atoms. The molecule has 1 aromatic carbocycles. The molecule has 1 aliphatic rings. The van der Waals surface area contributed by atoms with E-state index in [-0.39, 0.29) is 11.1 Å². The molecule has 7 heteroatoms. The van der Waals surface area contributed by atoms with Crippen LogP contribution in [0, 0.1) is 5.82 Å². The molecule has 1 N–H and O–H groups in total. The Morgan fingerprint density at radius 2 is 2.22 bits per heavy atom. The summed E-state index contributed by atoms with van der Waals surface area (Å²) in [5, 5.41) is 3.00. The van der Waals surface area contributed by atoms with E-state index in [4.69, 9.17) is 16.3 Å². The Morgan fingerprint density at radius 1 is 1.50 bits per heavy atom. The number of ether oxygens (including phenoxy) is 1. The molecule has 1 atom stereocenters. The van der Waals surface area contributed by atoms with Gasteiger partial charge in [-0.2, -0.15) is 0 Å². The fourth-order valence-corrected chi connectivity index (χ4v) is 3.36. The largest absolute Gasteiger partial charge is 0.371 e. The van der Waals surface area contributed by atoms with E-state index in [2.05, 4.69) is 5.32 Å². The van der Waals surface area contributed by atoms with Gasteiger partial charge in [0.1, 0.15) is 10.7 Å². The average molecular weight is 294 g/mol. The summed E-state index contributed by atoms with van der Waals surface area (Å²) in [6.07, 6.45) is 0.620. The molecule has 1 aliphatic heterocycles. The molecule has 1 saturated heterocycles. The average Bonchev–Trinajstić information content (AvgIpc) is 2.27. The molecular formula is C11H13ClFNO3S. The number of benzene rings is 1. The number of rotatable bonds is 2. The summed E-state index contributed by atoms with van der Waals surface area (Å²) < 4.78 is 42.1. The smallest absolute Gasteiger partial charge is 0.179 e. The molecule has 2 rings (SSSR count). The molecule has 1 heterocycles. The quantitative estimate of drug-likeness (QED) is 0.899. The Bertz CT molecular complexity index is 532. The lowest BCUT2D eigenvalue weighted by Gasteiger charge is -2.24. The third kappa shape index (κ3) is 2.83. The lowest BCUT2D eigenvalue weighted by Crippen LogP contribution is -2.33. The Hall–Kier alpha value is -0.690. The Labute approximate surface area is 110 Å². The van der Waals surface area contributed by atoms with Gasteiger partial charge in [0.2, 0.25) is 0 Å². The van der Waals surface area contributed by atoms with Crippen LogP contribution in [0.2, 0.25) is 5.02 Å². The Balaban J connectivity index is 2.42. The maximum absolute atomic E-state index is 13.8. The highest BCUT2D eigenvalue weighted by Gasteiger charge is 2.23. The highest BCUT2D eigenvalue weighted by atomic mass is 35.5. The van der Waals surface area contributed by atoms with Gasteiger partial charge < -0.3 is 10.1 Å². The fraction of sp³-hybridized carbons (Fsp3) is 0.455. The lowest BCUT2D eigenvalue weighted by atomic mass is 10.1. The van der Waals surface area contributed by atoms with Crippen LogP contribution in [0.3, 0.4) is 0 Å². The minimum absolute atomic E-state index is 0.110. The molecule has 0 amide bonds. The van der Waals surface area contributed by atoms with E-state index in [1.54, 1.807) is 0 Å². The van der Waals surface area contributed by atoms with Crippen LogP contribution in [0.15, 0.2) is 17.0 Å². The molecule has 0 aromatic heterocycles. The summed E-state index contributed by atoms with van der Waals surface area (Å²) in [6, 6.07) is 2.61. The number of hydrogen-bond acceptors (Lipinski definition) is 4. The van der Waals surface area contributed by atoms with Gasteiger partial charge in [0.25, 0.3) is 0 Å². The van der Waals surface area contributed by atoms with Gasteiger partial charge in [0, 0.05) is 19.3 Å². The van der Waals surface area contributed by atoms with Crippen LogP contribution in [0.4, 0.5) is 4.39 Å². The van der Waals surface area contributed by atoms with Crippen molar-refractivity contribution in [1.29, 1.82) is 0 Å². The number of halogens is 2. The van der Waals surface area contributed by atoms with E-state index >= 15 is 0 Å². The van der Waals surface area contributed by atoms with E-state index in [1.807, 2.05) is 0 Å². The van der Waals surface area contributed by atoms with Gasteiger partial charge in [0.05, 0.1) is 17.7 Å². The molecule has 1 fully saturated rings. The molecule has 0 saturated carbocycles. The van der Waals surface area contributed by atoms with E-state index in [0.29, 0.717) is 18.7 Å². The number of nitrogens with one attached hydrogen (secondary N) is 1. The second-order valence-electron chi connectivity index (χ2n) is 4.15. The molecule has 0 radical (unpaired) electrons. The maximum atomic E-state index is 13.8. The molecular weight excluding hydrogens is 281 g/mol. The normalized spacial score (nSPS) is 20.9. The number of hydrogen-bond donors (Lipinski definition) is 1. The zero-order valence-electron chi connectivity index (χ0n) is 9.74. The molecule has 100 valence electrons. The third-order valence-electron chi connectivity index (χ3n) is 2.69. The second kappa shape index (κ2) is 5.13. The van der Waals surface area contributed by atoms with Gasteiger partial charge in [-0.1, -0.05) is 11.6 Å². The summed E-state index contributed by atoms with van der Waals surface area (Å²) >= 11 is 5.84. The SMILES string of the molecule is CS(=O)(=O)c1c(F)cc(C2CNCCO2)cc1Cl. The van der Waals surface area contributed by atoms with Crippen LogP contribution in [0.1, 0.15) is 11.7 Å². The molecule has 1 unspecified atom stereocenters. The van der Waals surface area contributed by atoms with Gasteiger partial charge in [-0.3, -0.25) is 0 Å². The molecule has 0 bridgehead atoms. The second-order valence-corrected chi connectivity index (χ2v) is 6.51. The Kier molecular flexibility index (Phi) is 3.91. The first-order valence-electron chi connectivity index (χ1n) is 5.41. The van der Waals surface area contributed by atoms with Crippen LogP contribution < -0.4 is 5.32 Å². The van der Waals surface area contributed by atoms with Crippen LogP contribution in [0.5, 0.6) is 0 Å². The zero-order valence-corrected chi connectivity index (χ0v) is 11.3. The predicted molar refractivity (Wildman–Crippen MR) is 66.1 cm³/mol. The van der Waals surface area contributed by atoms with Crippen LogP contribution in [-0.4, -0.2) is 34.4 Å². The van der Waals surface area contributed by atoms with Crippen molar-refractivity contribution >= 4 is 21.4 Å². The van der Waals surface area contributed by atoms with Crippen LogP contribution in [-0.2, 0) is 14.6 Å². The highest BCUT2D eigenvalue weighted by Crippen LogP contribution is 2.30. The summed E-state index contributed by atoms with van der Waals surface area (Å²) in [6.45, 7) is 1.82. The first-order valence-corrected chi connectivity index (χ1v) is 7.68.